The highest BCUT2D eigenvalue weighted by Crippen LogP contribution is 2.24. The van der Waals surface area contributed by atoms with Crippen molar-refractivity contribution in [2.75, 3.05) is 7.11 Å². The largest absolute Gasteiger partial charge is 0.497 e. The van der Waals surface area contributed by atoms with Crippen LogP contribution in [0.5, 0.6) is 5.75 Å². The number of nitrogens with one attached hydrogen (secondary N) is 1. The highest BCUT2D eigenvalue weighted by molar-refractivity contribution is 5.99. The van der Waals surface area contributed by atoms with Gasteiger partial charge in [0.2, 0.25) is 11.4 Å². The van der Waals surface area contributed by atoms with E-state index >= 15 is 0 Å². The fourth-order valence-corrected chi connectivity index (χ4v) is 3.66. The number of aliphatic hydroxyl groups excluding tert-OH is 1. The second-order valence-electron chi connectivity index (χ2n) is 7.65. The summed E-state index contributed by atoms with van der Waals surface area (Å²) in [5.74, 6) is 1.04. The molecule has 1 unspecified atom stereocenters. The van der Waals surface area contributed by atoms with Crippen LogP contribution in [-0.2, 0) is 23.3 Å². The fraction of sp³-hybridized carbons (Fsp3) is 0.304. The number of hydrogen-bond donors (Lipinski definition) is 2. The van der Waals surface area contributed by atoms with Crippen molar-refractivity contribution in [2.24, 2.45) is 0 Å². The first-order chi connectivity index (χ1) is 14.9. The van der Waals surface area contributed by atoms with Gasteiger partial charge in [-0.3, -0.25) is 0 Å². The molecule has 2 heterocycles. The van der Waals surface area contributed by atoms with Gasteiger partial charge in [0.05, 0.1) is 7.11 Å². The maximum absolute atomic E-state index is 13.2. The second kappa shape index (κ2) is 8.22. The van der Waals surface area contributed by atoms with Crippen molar-refractivity contribution in [1.29, 1.82) is 0 Å². The number of carbonyl (C=O) groups excluding carboxylic acids is 1. The Balaban J connectivity index is 1.51. The summed E-state index contributed by atoms with van der Waals surface area (Å²) >= 11 is 0. The molecule has 2 aromatic carbocycles. The predicted octanol–water partition coefficient (Wildman–Crippen LogP) is 1.95. The number of aromatic nitrogens is 2. The Bertz CT molecular complexity index is 1110. The van der Waals surface area contributed by atoms with Crippen LogP contribution in [0.25, 0.3) is 11.4 Å². The summed E-state index contributed by atoms with van der Waals surface area (Å²) in [6.07, 6.45) is 2.04. The molecule has 3 aromatic rings. The standard InChI is InChI=1S/C23H24N4O4/c1-4-5-15-6-10-17(11-7-15)23(2)21(28)27(22(29)25-23)14-19-24-20(26-31-19)16-8-12-18(30-3)13-9-16/h6-13H,4-5,14H2,1-3H3,(H,25,29)/p+1. The van der Waals surface area contributed by atoms with E-state index < -0.39 is 5.54 Å². The number of rotatable bonds is 7. The molecule has 1 aromatic heterocycles. The Kier molecular flexibility index (Phi) is 5.46. The van der Waals surface area contributed by atoms with Gasteiger partial charge in [-0.15, -0.1) is 4.90 Å². The lowest BCUT2D eigenvalue weighted by atomic mass is 9.91. The Morgan fingerprint density at radius 3 is 2.52 bits per heavy atom. The van der Waals surface area contributed by atoms with Gasteiger partial charge in [0.15, 0.2) is 6.54 Å². The van der Waals surface area contributed by atoms with E-state index in [1.54, 1.807) is 26.2 Å². The number of carbonyl (C=O) groups is 1. The molecule has 0 aliphatic carbocycles. The van der Waals surface area contributed by atoms with Gasteiger partial charge in [-0.2, -0.15) is 4.98 Å². The van der Waals surface area contributed by atoms with E-state index in [1.165, 1.54) is 10.5 Å². The van der Waals surface area contributed by atoms with Crippen LogP contribution in [0.4, 0.5) is 0 Å². The molecule has 8 nitrogen and oxygen atoms in total. The molecule has 160 valence electrons. The van der Waals surface area contributed by atoms with Crippen molar-refractivity contribution in [3.05, 3.63) is 65.5 Å². The van der Waals surface area contributed by atoms with Gasteiger partial charge >= 0.3 is 11.9 Å². The molecule has 0 bridgehead atoms. The maximum atomic E-state index is 13.2. The summed E-state index contributed by atoms with van der Waals surface area (Å²) in [4.78, 5) is 21.7. The number of aliphatic hydroxyl groups is 1. The zero-order chi connectivity index (χ0) is 22.0. The molecule has 1 amide bonds. The lowest BCUT2D eigenvalue weighted by Gasteiger charge is -2.16. The van der Waals surface area contributed by atoms with Crippen molar-refractivity contribution in [1.82, 2.24) is 15.0 Å². The van der Waals surface area contributed by atoms with Crippen LogP contribution >= 0.6 is 0 Å². The number of amides is 1. The first-order valence-corrected chi connectivity index (χ1v) is 10.2. The van der Waals surface area contributed by atoms with Gasteiger partial charge in [0, 0.05) is 11.1 Å². The molecule has 0 fully saturated rings. The number of aryl methyl sites for hydroxylation is 1. The monoisotopic (exact) mass is 421 g/mol. The first-order valence-electron chi connectivity index (χ1n) is 10.2. The molecule has 0 saturated heterocycles. The van der Waals surface area contributed by atoms with E-state index in [2.05, 4.69) is 22.1 Å². The summed E-state index contributed by atoms with van der Waals surface area (Å²) < 4.78 is 10.5. The molecule has 1 aliphatic heterocycles. The molecule has 0 spiro atoms. The fourth-order valence-electron chi connectivity index (χ4n) is 3.66. The van der Waals surface area contributed by atoms with Gasteiger partial charge in [-0.05, 0) is 43.2 Å². The summed E-state index contributed by atoms with van der Waals surface area (Å²) in [5.41, 5.74) is 1.67. The summed E-state index contributed by atoms with van der Waals surface area (Å²) in [7, 11) is 1.60. The minimum absolute atomic E-state index is 0.0374. The Labute approximate surface area is 180 Å². The summed E-state index contributed by atoms with van der Waals surface area (Å²) in [5, 5.41) is 14.4. The number of nitrogens with zero attached hydrogens (tertiary/aromatic N) is 3. The van der Waals surface area contributed by atoms with Crippen molar-refractivity contribution in [2.45, 2.75) is 38.8 Å². The number of benzene rings is 2. The van der Waals surface area contributed by atoms with Crippen LogP contribution < -0.4 is 9.73 Å². The van der Waals surface area contributed by atoms with E-state index in [-0.39, 0.29) is 24.4 Å². The molecular formula is C23H25N4O4+. The van der Waals surface area contributed by atoms with Gasteiger partial charge in [-0.25, -0.2) is 9.79 Å². The molecule has 1 aliphatic rings. The van der Waals surface area contributed by atoms with Crippen molar-refractivity contribution in [3.8, 4) is 17.1 Å². The van der Waals surface area contributed by atoms with E-state index in [9.17, 15) is 9.90 Å². The second-order valence-corrected chi connectivity index (χ2v) is 7.65. The molecule has 8 heteroatoms. The quantitative estimate of drug-likeness (QED) is 0.605. The SMILES string of the molecule is CCCc1ccc(C2(C)[NH+]=C(O)N(Cc3nc(-c4ccc(OC)cc4)no3)C2=O)cc1. The van der Waals surface area contributed by atoms with E-state index in [1.807, 2.05) is 36.4 Å². The smallest absolute Gasteiger partial charge is 0.451 e. The average molecular weight is 421 g/mol. The molecule has 0 saturated carbocycles. The number of hydrogen-bond acceptors (Lipinski definition) is 5. The lowest BCUT2D eigenvalue weighted by molar-refractivity contribution is -0.540. The van der Waals surface area contributed by atoms with Gasteiger partial charge in [0.25, 0.3) is 5.89 Å². The van der Waals surface area contributed by atoms with Crippen LogP contribution in [0.3, 0.4) is 0 Å². The van der Waals surface area contributed by atoms with Crippen LogP contribution in [0.1, 0.15) is 37.3 Å². The molecule has 2 N–H and O–H groups in total. The minimum Gasteiger partial charge on any atom is -0.497 e. The van der Waals surface area contributed by atoms with Crippen LogP contribution in [0, 0.1) is 0 Å². The topological polar surface area (TPSA) is 103 Å². The van der Waals surface area contributed by atoms with Crippen LogP contribution in [-0.4, -0.2) is 39.2 Å². The normalized spacial score (nSPS) is 18.4. The maximum Gasteiger partial charge on any atom is 0.451 e. The Hall–Kier alpha value is -3.68. The van der Waals surface area contributed by atoms with Crippen molar-refractivity contribution < 1.29 is 24.2 Å². The molecule has 0 radical (unpaired) electrons. The lowest BCUT2D eigenvalue weighted by Crippen LogP contribution is -2.82. The summed E-state index contributed by atoms with van der Waals surface area (Å²) in [6.45, 7) is 3.83. The number of methoxy groups -OCH3 is 1. The predicted molar refractivity (Wildman–Crippen MR) is 113 cm³/mol. The van der Waals surface area contributed by atoms with E-state index in [0.29, 0.717) is 5.82 Å². The third kappa shape index (κ3) is 3.88. The molecule has 4 rings (SSSR count). The molecule has 31 heavy (non-hydrogen) atoms. The van der Waals surface area contributed by atoms with Crippen molar-refractivity contribution in [3.63, 3.8) is 0 Å². The van der Waals surface area contributed by atoms with Crippen LogP contribution in [0.2, 0.25) is 0 Å². The van der Waals surface area contributed by atoms with Gasteiger partial charge in [0.1, 0.15) is 5.75 Å². The third-order valence-corrected chi connectivity index (χ3v) is 5.47. The van der Waals surface area contributed by atoms with Gasteiger partial charge in [-0.1, -0.05) is 42.8 Å². The summed E-state index contributed by atoms with van der Waals surface area (Å²) in [6, 6.07) is 14.9. The highest BCUT2D eigenvalue weighted by atomic mass is 16.5. The average Bonchev–Trinajstić information content (AvgIpc) is 3.34. The van der Waals surface area contributed by atoms with Gasteiger partial charge < -0.3 is 14.4 Å². The Morgan fingerprint density at radius 1 is 1.16 bits per heavy atom. The molecular weight excluding hydrogens is 396 g/mol. The highest BCUT2D eigenvalue weighted by Gasteiger charge is 2.54. The van der Waals surface area contributed by atoms with Crippen molar-refractivity contribution >= 4 is 11.9 Å². The zero-order valence-electron chi connectivity index (χ0n) is 17.8. The third-order valence-electron chi connectivity index (χ3n) is 5.47. The first kappa shape index (κ1) is 20.6. The molecule has 1 atom stereocenters. The van der Waals surface area contributed by atoms with E-state index in [4.69, 9.17) is 9.26 Å². The minimum atomic E-state index is -1.08. The number of amidine groups is 1. The van der Waals surface area contributed by atoms with E-state index in [0.717, 1.165) is 29.7 Å². The Morgan fingerprint density at radius 2 is 1.87 bits per heavy atom. The zero-order valence-corrected chi connectivity index (χ0v) is 17.8. The number of ether oxygens (including phenoxy) is 1. The van der Waals surface area contributed by atoms with Crippen LogP contribution in [0.15, 0.2) is 53.1 Å².